The Labute approximate surface area is 66.5 Å². The molecule has 0 saturated heterocycles. The molecule has 3 N–H and O–H groups in total. The number of rotatable bonds is 3. The molecule has 0 aromatic carbocycles. The molecule has 0 aromatic rings. The lowest BCUT2D eigenvalue weighted by molar-refractivity contribution is -0.345. The fourth-order valence-electron chi connectivity index (χ4n) is 0.333. The number of nitrogens with zero attached hydrogens (tertiary/aromatic N) is 3. The second kappa shape index (κ2) is 4.77. The van der Waals surface area contributed by atoms with Gasteiger partial charge in [-0.15, -0.1) is 0 Å². The number of amidine groups is 1. The number of nitro groups is 1. The monoisotopic (exact) mass is 174 g/mol. The van der Waals surface area contributed by atoms with Crippen molar-refractivity contribution in [1.29, 1.82) is 0 Å². The number of hydrogen-bond acceptors (Lipinski definition) is 6. The maximum atomic E-state index is 9.96. The van der Waals surface area contributed by atoms with E-state index in [1.165, 1.54) is 0 Å². The minimum atomic E-state index is -1.19. The zero-order valence-corrected chi connectivity index (χ0v) is 5.88. The van der Waals surface area contributed by atoms with Crippen molar-refractivity contribution in [3.63, 3.8) is 0 Å². The van der Waals surface area contributed by atoms with E-state index in [1.54, 1.807) is 0 Å². The summed E-state index contributed by atoms with van der Waals surface area (Å²) in [4.78, 5) is 22.2. The van der Waals surface area contributed by atoms with Crippen LogP contribution in [-0.2, 0) is 4.79 Å². The number of carboxylic acids is 1. The molecule has 0 aromatic heterocycles. The largest absolute Gasteiger partial charge is 0.480 e. The first-order valence-corrected chi connectivity index (χ1v) is 2.71. The maximum Gasteiger partial charge on any atom is 0.405 e. The smallest absolute Gasteiger partial charge is 0.405 e. The Bertz CT molecular complexity index is 245. The van der Waals surface area contributed by atoms with E-state index in [0.717, 1.165) is 0 Å². The molecule has 0 unspecified atom stereocenters. The highest BCUT2D eigenvalue weighted by Crippen LogP contribution is 1.75. The molecule has 66 valence electrons. The summed E-state index contributed by atoms with van der Waals surface area (Å²) in [6.45, 7) is -0.549. The lowest BCUT2D eigenvalue weighted by Gasteiger charge is -1.88. The molecule has 0 aliphatic heterocycles. The number of aliphatic carboxylic acids is 1. The topological polar surface area (TPSA) is 131 Å². The average Bonchev–Trinajstić information content (AvgIpc) is 1.96. The molecule has 0 aliphatic carbocycles. The predicted octanol–water partition coefficient (Wildman–Crippen LogP) is -1.31. The normalized spacial score (nSPS) is 11.8. The first-order valence-electron chi connectivity index (χ1n) is 2.71. The van der Waals surface area contributed by atoms with Crippen molar-refractivity contribution in [1.82, 2.24) is 0 Å². The molecule has 0 spiro atoms. The Morgan fingerprint density at radius 1 is 1.75 bits per heavy atom. The van der Waals surface area contributed by atoms with E-state index in [0.29, 0.717) is 6.21 Å². The van der Waals surface area contributed by atoms with Crippen LogP contribution < -0.4 is 5.84 Å². The van der Waals surface area contributed by atoms with E-state index in [1.807, 2.05) is 0 Å². The van der Waals surface area contributed by atoms with E-state index >= 15 is 0 Å². The summed E-state index contributed by atoms with van der Waals surface area (Å²) in [5.41, 5.74) is 0. The van der Waals surface area contributed by atoms with Gasteiger partial charge in [-0.3, -0.25) is 9.79 Å². The van der Waals surface area contributed by atoms with Gasteiger partial charge in [-0.05, 0) is 4.92 Å². The highest BCUT2D eigenvalue weighted by atomic mass is 16.6. The summed E-state index contributed by atoms with van der Waals surface area (Å²) in [5, 5.41) is 20.8. The first-order chi connectivity index (χ1) is 5.57. The number of hydrogen-bond donors (Lipinski definition) is 2. The number of carbonyl (C=O) groups is 1. The zero-order chi connectivity index (χ0) is 9.56. The summed E-state index contributed by atoms with van der Waals surface area (Å²) in [6.07, 6.45) is 0.689. The van der Waals surface area contributed by atoms with Gasteiger partial charge in [0.05, 0.1) is 5.10 Å². The Morgan fingerprint density at radius 3 is 2.67 bits per heavy atom. The van der Waals surface area contributed by atoms with Crippen molar-refractivity contribution in [2.75, 3.05) is 6.54 Å². The minimum absolute atomic E-state index is 0.549. The Morgan fingerprint density at radius 2 is 2.33 bits per heavy atom. The van der Waals surface area contributed by atoms with Crippen LogP contribution in [0.15, 0.2) is 10.1 Å². The second-order valence-corrected chi connectivity index (χ2v) is 1.61. The molecule has 0 radical (unpaired) electrons. The van der Waals surface area contributed by atoms with Gasteiger partial charge in [0.25, 0.3) is 0 Å². The van der Waals surface area contributed by atoms with Crippen molar-refractivity contribution < 1.29 is 14.8 Å². The standard InChI is InChI=1S/C4H6N4O4/c5-7-3(8(11)12)1-6-2-4(9)10/h1H,2,5H2,(H,9,10)/b6-1?,7-3+. The molecule has 0 atom stereocenters. The molecule has 12 heavy (non-hydrogen) atoms. The molecule has 0 rings (SSSR count). The third-order valence-corrected chi connectivity index (χ3v) is 0.753. The third-order valence-electron chi connectivity index (χ3n) is 0.753. The molecular formula is C4H6N4O4. The van der Waals surface area contributed by atoms with Crippen molar-refractivity contribution in [3.8, 4) is 0 Å². The van der Waals surface area contributed by atoms with Crippen LogP contribution in [0.2, 0.25) is 0 Å². The van der Waals surface area contributed by atoms with Gasteiger partial charge in [0.15, 0.2) is 0 Å². The average molecular weight is 174 g/mol. The molecule has 8 heteroatoms. The maximum absolute atomic E-state index is 9.96. The summed E-state index contributed by atoms with van der Waals surface area (Å²) in [5.74, 6) is 2.73. The number of nitrogens with two attached hydrogens (primary N) is 1. The van der Waals surface area contributed by atoms with Crippen molar-refractivity contribution in [2.24, 2.45) is 15.9 Å². The second-order valence-electron chi connectivity index (χ2n) is 1.61. The molecule has 0 saturated carbocycles. The van der Waals surface area contributed by atoms with Gasteiger partial charge in [-0.2, -0.15) is 0 Å². The summed E-state index contributed by atoms with van der Waals surface area (Å²) >= 11 is 0. The lowest BCUT2D eigenvalue weighted by atomic mass is 10.6. The summed E-state index contributed by atoms with van der Waals surface area (Å²) in [7, 11) is 0. The Kier molecular flexibility index (Phi) is 3.98. The molecular weight excluding hydrogens is 168 g/mol. The zero-order valence-electron chi connectivity index (χ0n) is 5.88. The summed E-state index contributed by atoms with van der Waals surface area (Å²) < 4.78 is 0. The van der Waals surface area contributed by atoms with Gasteiger partial charge in [0.2, 0.25) is 0 Å². The lowest BCUT2D eigenvalue weighted by Crippen LogP contribution is -2.16. The van der Waals surface area contributed by atoms with Crippen LogP contribution in [0.25, 0.3) is 0 Å². The quantitative estimate of drug-likeness (QED) is 0.180. The van der Waals surface area contributed by atoms with Gasteiger partial charge >= 0.3 is 11.8 Å². The number of hydrazone groups is 1. The van der Waals surface area contributed by atoms with Crippen LogP contribution in [0, 0.1) is 10.1 Å². The van der Waals surface area contributed by atoms with Gasteiger partial charge in [0.1, 0.15) is 12.8 Å². The van der Waals surface area contributed by atoms with Crippen molar-refractivity contribution in [2.45, 2.75) is 0 Å². The van der Waals surface area contributed by atoms with Crippen LogP contribution in [0.3, 0.4) is 0 Å². The third kappa shape index (κ3) is 3.93. The number of aliphatic imine (C=N–C) groups is 1. The fraction of sp³-hybridized carbons (Fsp3) is 0.250. The van der Waals surface area contributed by atoms with Crippen LogP contribution in [0.5, 0.6) is 0 Å². The molecule has 0 fully saturated rings. The van der Waals surface area contributed by atoms with E-state index in [9.17, 15) is 14.9 Å². The van der Waals surface area contributed by atoms with E-state index in [-0.39, 0.29) is 0 Å². The molecule has 0 aliphatic rings. The van der Waals surface area contributed by atoms with Crippen molar-refractivity contribution >= 4 is 18.0 Å². The van der Waals surface area contributed by atoms with E-state index < -0.39 is 23.3 Å². The van der Waals surface area contributed by atoms with E-state index in [2.05, 4.69) is 15.9 Å². The fourth-order valence-corrected chi connectivity index (χ4v) is 0.333. The van der Waals surface area contributed by atoms with Gasteiger partial charge in [-0.25, -0.2) is 5.84 Å². The minimum Gasteiger partial charge on any atom is -0.480 e. The van der Waals surface area contributed by atoms with Gasteiger partial charge < -0.3 is 15.2 Å². The van der Waals surface area contributed by atoms with Crippen LogP contribution in [0.1, 0.15) is 0 Å². The molecule has 0 bridgehead atoms. The highest BCUT2D eigenvalue weighted by molar-refractivity contribution is 6.25. The Hall–Kier alpha value is -1.99. The highest BCUT2D eigenvalue weighted by Gasteiger charge is 2.06. The van der Waals surface area contributed by atoms with Gasteiger partial charge in [0, 0.05) is 0 Å². The molecule has 0 amide bonds. The number of carboxylic acid groups (broad SMARTS) is 1. The predicted molar refractivity (Wildman–Crippen MR) is 39.6 cm³/mol. The Balaban J connectivity index is 4.13. The SMILES string of the molecule is N/N=C(\C=NCC(=O)O)[N+](=O)[O-]. The first kappa shape index (κ1) is 10.0. The van der Waals surface area contributed by atoms with Gasteiger partial charge in [-0.1, -0.05) is 0 Å². The van der Waals surface area contributed by atoms with Crippen LogP contribution in [-0.4, -0.2) is 34.6 Å². The van der Waals surface area contributed by atoms with E-state index in [4.69, 9.17) is 5.11 Å². The van der Waals surface area contributed by atoms with Crippen LogP contribution >= 0.6 is 0 Å². The molecule has 0 heterocycles. The van der Waals surface area contributed by atoms with Crippen molar-refractivity contribution in [3.05, 3.63) is 10.1 Å². The van der Waals surface area contributed by atoms with Crippen LogP contribution in [0.4, 0.5) is 0 Å². The molecule has 8 nitrogen and oxygen atoms in total. The summed E-state index contributed by atoms with van der Waals surface area (Å²) in [6, 6.07) is 0.